The Kier molecular flexibility index (Phi) is 8.20. The van der Waals surface area contributed by atoms with E-state index in [1.54, 1.807) is 0 Å². The molecule has 3 heterocycles. The molecule has 0 radical (unpaired) electrons. The second-order valence-electron chi connectivity index (χ2n) is 13.9. The summed E-state index contributed by atoms with van der Waals surface area (Å²) in [5, 5.41) is 2.37. The van der Waals surface area contributed by atoms with Gasteiger partial charge in [0.25, 0.3) is 0 Å². The number of nitrogens with zero attached hydrogens (tertiary/aromatic N) is 5. The van der Waals surface area contributed by atoms with Crippen LogP contribution in [0.15, 0.2) is 200 Å². The lowest BCUT2D eigenvalue weighted by atomic mass is 9.85. The minimum absolute atomic E-state index is 0.615. The van der Waals surface area contributed by atoms with Gasteiger partial charge in [-0.15, -0.1) is 0 Å². The van der Waals surface area contributed by atoms with E-state index in [2.05, 4.69) is 183 Å². The molecule has 1 aliphatic heterocycles. The number of hydrogen-bond acceptors (Lipinski definition) is 3. The minimum Gasteiger partial charge on any atom is -0.322 e. The van der Waals surface area contributed by atoms with Crippen LogP contribution in [0.4, 0.5) is 28.4 Å². The Hall–Kier alpha value is -7.68. The lowest BCUT2D eigenvalue weighted by Crippen LogP contribution is -2.23. The third-order valence-electron chi connectivity index (χ3n) is 10.7. The van der Waals surface area contributed by atoms with Gasteiger partial charge in [-0.2, -0.15) is 0 Å². The van der Waals surface area contributed by atoms with E-state index in [-0.39, 0.29) is 0 Å². The summed E-state index contributed by atoms with van der Waals surface area (Å²) in [5.74, 6) is 0.881. The van der Waals surface area contributed by atoms with Gasteiger partial charge >= 0.3 is 0 Å². The highest BCUT2D eigenvalue weighted by Crippen LogP contribution is 2.47. The van der Waals surface area contributed by atoms with E-state index in [1.807, 2.05) is 36.5 Å². The number of fused-ring (bicyclic) bond motifs is 4. The molecule has 2 aromatic heterocycles. The zero-order valence-electron chi connectivity index (χ0n) is 30.5. The average molecular weight is 718 g/mol. The van der Waals surface area contributed by atoms with Gasteiger partial charge in [-0.3, -0.25) is 4.57 Å². The molecule has 0 atom stereocenters. The molecule has 5 heteroatoms. The molecule has 0 saturated heterocycles. The van der Waals surface area contributed by atoms with Crippen molar-refractivity contribution in [2.75, 3.05) is 16.5 Å². The lowest BCUT2D eigenvalue weighted by Gasteiger charge is -2.24. The van der Waals surface area contributed by atoms with E-state index in [0.717, 1.165) is 73.0 Å². The van der Waals surface area contributed by atoms with Gasteiger partial charge in [0.1, 0.15) is 12.5 Å². The first-order valence-corrected chi connectivity index (χ1v) is 18.8. The van der Waals surface area contributed by atoms with Crippen molar-refractivity contribution in [3.8, 4) is 5.82 Å². The summed E-state index contributed by atoms with van der Waals surface area (Å²) < 4.78 is 2.28. The number of anilines is 4. The Morgan fingerprint density at radius 1 is 0.464 bits per heavy atom. The molecular weight excluding hydrogens is 683 g/mol. The van der Waals surface area contributed by atoms with E-state index >= 15 is 0 Å². The van der Waals surface area contributed by atoms with Crippen molar-refractivity contribution in [1.29, 1.82) is 0 Å². The number of rotatable bonds is 7. The van der Waals surface area contributed by atoms with Crippen molar-refractivity contribution in [2.45, 2.75) is 0 Å². The van der Waals surface area contributed by atoms with Gasteiger partial charge in [0.15, 0.2) is 5.69 Å². The standard InChI is InChI=1S/C51H35N5/c1-52-40-28-30-46-48(34-40)54(41-21-9-4-10-22-41)35-55(46)42-23-15-20-38(32-42)51(50(36-16-5-2-6-17-36)37-18-7-3-8-19-37)39-27-29-44-43-24-11-12-25-45(43)56(47(44)33-39)49-26-13-14-31-53-49/h2-34H,35H2. The van der Waals surface area contributed by atoms with E-state index in [0.29, 0.717) is 12.4 Å². The summed E-state index contributed by atoms with van der Waals surface area (Å²) in [6, 6.07) is 68.3. The van der Waals surface area contributed by atoms with Crippen LogP contribution in [0, 0.1) is 6.57 Å². The number of para-hydroxylation sites is 2. The normalized spacial score (nSPS) is 12.1. The highest BCUT2D eigenvalue weighted by molar-refractivity contribution is 6.12. The third kappa shape index (κ3) is 5.69. The van der Waals surface area contributed by atoms with Crippen LogP contribution in [-0.2, 0) is 0 Å². The monoisotopic (exact) mass is 717 g/mol. The molecule has 0 aliphatic carbocycles. The maximum absolute atomic E-state index is 7.76. The van der Waals surface area contributed by atoms with Gasteiger partial charge in [0, 0.05) is 28.3 Å². The van der Waals surface area contributed by atoms with Crippen molar-refractivity contribution in [3.63, 3.8) is 0 Å². The van der Waals surface area contributed by atoms with Gasteiger partial charge < -0.3 is 9.80 Å². The maximum Gasteiger partial charge on any atom is 0.189 e. The molecule has 9 aromatic rings. The molecule has 0 bridgehead atoms. The quantitative estimate of drug-likeness (QED) is 0.121. The van der Waals surface area contributed by atoms with Crippen LogP contribution in [0.1, 0.15) is 22.3 Å². The van der Waals surface area contributed by atoms with Crippen LogP contribution < -0.4 is 9.80 Å². The van der Waals surface area contributed by atoms with Gasteiger partial charge in [-0.1, -0.05) is 133 Å². The second kappa shape index (κ2) is 13.9. The van der Waals surface area contributed by atoms with Crippen molar-refractivity contribution in [3.05, 3.63) is 234 Å². The SMILES string of the molecule is [C-]#[N+]c1ccc2c(c1)N(c1ccccc1)CN2c1cccc(C(=C(c2ccccc2)c2ccccc2)c2ccc3c4ccccc4n(-c4ccccn4)c3c2)c1. The van der Waals surface area contributed by atoms with E-state index in [4.69, 9.17) is 11.6 Å². The first kappa shape index (κ1) is 32.9. The van der Waals surface area contributed by atoms with Crippen LogP contribution in [0.3, 0.4) is 0 Å². The smallest absolute Gasteiger partial charge is 0.189 e. The Bertz CT molecular complexity index is 2900. The van der Waals surface area contributed by atoms with E-state index in [9.17, 15) is 0 Å². The Labute approximate surface area is 326 Å². The third-order valence-corrected chi connectivity index (χ3v) is 10.7. The molecule has 0 N–H and O–H groups in total. The first-order chi connectivity index (χ1) is 27.7. The molecule has 0 saturated carbocycles. The largest absolute Gasteiger partial charge is 0.322 e. The maximum atomic E-state index is 7.76. The molecule has 7 aromatic carbocycles. The van der Waals surface area contributed by atoms with Crippen molar-refractivity contribution >= 4 is 61.4 Å². The molecule has 10 rings (SSSR count). The first-order valence-electron chi connectivity index (χ1n) is 18.8. The number of pyridine rings is 1. The second-order valence-corrected chi connectivity index (χ2v) is 13.9. The zero-order chi connectivity index (χ0) is 37.4. The van der Waals surface area contributed by atoms with Gasteiger partial charge in [-0.05, 0) is 94.1 Å². The minimum atomic E-state index is 0.615. The molecule has 56 heavy (non-hydrogen) atoms. The lowest BCUT2D eigenvalue weighted by molar-refractivity contribution is 0.991. The Balaban J connectivity index is 1.22. The average Bonchev–Trinajstić information content (AvgIpc) is 3.82. The highest BCUT2D eigenvalue weighted by atomic mass is 15.4. The van der Waals surface area contributed by atoms with Crippen molar-refractivity contribution < 1.29 is 0 Å². The van der Waals surface area contributed by atoms with Crippen LogP contribution >= 0.6 is 0 Å². The van der Waals surface area contributed by atoms with Crippen LogP contribution in [0.5, 0.6) is 0 Å². The molecule has 0 unspecified atom stereocenters. The van der Waals surface area contributed by atoms with Gasteiger partial charge in [0.2, 0.25) is 0 Å². The molecule has 0 spiro atoms. The Morgan fingerprint density at radius 2 is 1.07 bits per heavy atom. The molecule has 264 valence electrons. The zero-order valence-corrected chi connectivity index (χ0v) is 30.5. The molecule has 0 fully saturated rings. The number of benzene rings is 7. The summed E-state index contributed by atoms with van der Waals surface area (Å²) in [7, 11) is 0. The van der Waals surface area contributed by atoms with Crippen molar-refractivity contribution in [2.24, 2.45) is 0 Å². The fraction of sp³-hybridized carbons (Fsp3) is 0.0196. The fourth-order valence-electron chi connectivity index (χ4n) is 8.18. The number of hydrogen-bond donors (Lipinski definition) is 0. The van der Waals surface area contributed by atoms with E-state index in [1.165, 1.54) is 10.8 Å². The van der Waals surface area contributed by atoms with Crippen LogP contribution in [-0.4, -0.2) is 16.2 Å². The summed E-state index contributed by atoms with van der Waals surface area (Å²) in [6.07, 6.45) is 1.86. The van der Waals surface area contributed by atoms with Crippen LogP contribution in [0.25, 0.3) is 43.6 Å². The molecule has 1 aliphatic rings. The predicted octanol–water partition coefficient (Wildman–Crippen LogP) is 13.0. The fourth-order valence-corrected chi connectivity index (χ4v) is 8.18. The van der Waals surface area contributed by atoms with Crippen molar-refractivity contribution in [1.82, 2.24) is 9.55 Å². The predicted molar refractivity (Wildman–Crippen MR) is 231 cm³/mol. The van der Waals surface area contributed by atoms with E-state index < -0.39 is 0 Å². The molecule has 0 amide bonds. The summed E-state index contributed by atoms with van der Waals surface area (Å²) in [4.78, 5) is 13.2. The van der Waals surface area contributed by atoms with Crippen LogP contribution in [0.2, 0.25) is 0 Å². The molecule has 5 nitrogen and oxygen atoms in total. The number of aromatic nitrogens is 2. The molecular formula is C51H35N5. The topological polar surface area (TPSA) is 28.7 Å². The van der Waals surface area contributed by atoms with Gasteiger partial charge in [-0.25, -0.2) is 9.83 Å². The summed E-state index contributed by atoms with van der Waals surface area (Å²) in [6.45, 7) is 8.37. The van der Waals surface area contributed by atoms with Gasteiger partial charge in [0.05, 0.1) is 29.0 Å². The summed E-state index contributed by atoms with van der Waals surface area (Å²) in [5.41, 5.74) is 13.8. The Morgan fingerprint density at radius 3 is 1.80 bits per heavy atom. The summed E-state index contributed by atoms with van der Waals surface area (Å²) >= 11 is 0. The highest BCUT2D eigenvalue weighted by Gasteiger charge is 2.29.